The highest BCUT2D eigenvalue weighted by atomic mass is 16.5. The number of nitrogens with two attached hydrogens (primary N) is 1. The van der Waals surface area contributed by atoms with E-state index in [4.69, 9.17) is 10.5 Å². The summed E-state index contributed by atoms with van der Waals surface area (Å²) in [6.45, 7) is 6.32. The summed E-state index contributed by atoms with van der Waals surface area (Å²) in [7, 11) is 3.84. The Hall–Kier alpha value is -3.02. The molecule has 3 rings (SSSR count). The van der Waals surface area contributed by atoms with Gasteiger partial charge < -0.3 is 20.4 Å². The lowest BCUT2D eigenvalue weighted by Crippen LogP contribution is -2.07. The van der Waals surface area contributed by atoms with E-state index in [0.717, 1.165) is 28.2 Å². The standard InChI is InChI=1S/C14H18N2O2.C8H12N2/c1-4-18-14(17)8-7-13-15-11-9-10(2)5-6-12(11)16(13)3;1-6-3-4-8(10-2)7(9)5-6/h5-6,9H,4,7-8H2,1-3H3;3-5,10H,9H2,1-2H3. The monoisotopic (exact) mass is 382 g/mol. The van der Waals surface area contributed by atoms with Gasteiger partial charge in [0, 0.05) is 20.5 Å². The average Bonchev–Trinajstić information content (AvgIpc) is 2.96. The molecule has 0 radical (unpaired) electrons. The van der Waals surface area contributed by atoms with Gasteiger partial charge in [-0.1, -0.05) is 12.1 Å². The lowest BCUT2D eigenvalue weighted by atomic mass is 10.2. The highest BCUT2D eigenvalue weighted by Gasteiger charge is 2.10. The van der Waals surface area contributed by atoms with Crippen molar-refractivity contribution in [3.05, 3.63) is 53.3 Å². The van der Waals surface area contributed by atoms with Gasteiger partial charge in [-0.05, 0) is 56.2 Å². The molecule has 0 spiro atoms. The summed E-state index contributed by atoms with van der Waals surface area (Å²) in [5.74, 6) is 0.754. The minimum Gasteiger partial charge on any atom is -0.466 e. The molecule has 0 bridgehead atoms. The van der Waals surface area contributed by atoms with Gasteiger partial charge in [0.25, 0.3) is 0 Å². The molecule has 0 saturated heterocycles. The third-order valence-corrected chi connectivity index (χ3v) is 4.46. The molecule has 0 aliphatic heterocycles. The third-order valence-electron chi connectivity index (χ3n) is 4.46. The number of benzene rings is 2. The Bertz CT molecular complexity index is 947. The predicted molar refractivity (Wildman–Crippen MR) is 116 cm³/mol. The van der Waals surface area contributed by atoms with Crippen molar-refractivity contribution in [2.24, 2.45) is 7.05 Å². The minimum atomic E-state index is -0.166. The molecule has 6 heteroatoms. The molecule has 1 aromatic heterocycles. The molecule has 0 atom stereocenters. The molecular weight excluding hydrogens is 352 g/mol. The van der Waals surface area contributed by atoms with Gasteiger partial charge in [0.15, 0.2) is 0 Å². The molecule has 1 heterocycles. The van der Waals surface area contributed by atoms with Gasteiger partial charge in [-0.25, -0.2) is 4.98 Å². The predicted octanol–water partition coefficient (Wildman–Crippen LogP) is 4.00. The number of nitrogens with zero attached hydrogens (tertiary/aromatic N) is 2. The zero-order valence-corrected chi connectivity index (χ0v) is 17.4. The summed E-state index contributed by atoms with van der Waals surface area (Å²) < 4.78 is 6.96. The van der Waals surface area contributed by atoms with Crippen LogP contribution in [0.25, 0.3) is 11.0 Å². The number of rotatable bonds is 5. The number of hydrogen-bond acceptors (Lipinski definition) is 5. The van der Waals surface area contributed by atoms with Crippen molar-refractivity contribution in [2.75, 3.05) is 24.7 Å². The van der Waals surface area contributed by atoms with E-state index in [9.17, 15) is 4.79 Å². The van der Waals surface area contributed by atoms with Gasteiger partial charge in [0.05, 0.1) is 35.4 Å². The fraction of sp³-hybridized carbons (Fsp3) is 0.364. The van der Waals surface area contributed by atoms with Gasteiger partial charge >= 0.3 is 5.97 Å². The van der Waals surface area contributed by atoms with Crippen LogP contribution in [0.15, 0.2) is 36.4 Å². The molecule has 0 fully saturated rings. The first-order valence-electron chi connectivity index (χ1n) is 9.47. The van der Waals surface area contributed by atoms with Crippen LogP contribution in [-0.2, 0) is 23.0 Å². The summed E-state index contributed by atoms with van der Waals surface area (Å²) in [5.41, 5.74) is 11.9. The largest absolute Gasteiger partial charge is 0.466 e. The minimum absolute atomic E-state index is 0.166. The fourth-order valence-corrected chi connectivity index (χ4v) is 2.94. The van der Waals surface area contributed by atoms with Crippen LogP contribution >= 0.6 is 0 Å². The van der Waals surface area contributed by atoms with Crippen LogP contribution in [0.3, 0.4) is 0 Å². The Balaban J connectivity index is 0.000000237. The second kappa shape index (κ2) is 9.78. The quantitative estimate of drug-likeness (QED) is 0.515. The summed E-state index contributed by atoms with van der Waals surface area (Å²) in [4.78, 5) is 15.9. The first-order chi connectivity index (χ1) is 13.3. The van der Waals surface area contributed by atoms with Gasteiger partial charge in [-0.15, -0.1) is 0 Å². The Morgan fingerprint density at radius 3 is 2.50 bits per heavy atom. The SMILES string of the molecule is CCOC(=O)CCc1nc2cc(C)ccc2n1C.CNc1ccc(C)cc1N. The molecular formula is C22H30N4O2. The molecule has 0 aliphatic rings. The van der Waals surface area contributed by atoms with Crippen molar-refractivity contribution in [3.8, 4) is 0 Å². The highest BCUT2D eigenvalue weighted by molar-refractivity contribution is 5.77. The number of anilines is 2. The molecule has 3 N–H and O–H groups in total. The third kappa shape index (κ3) is 5.49. The number of aromatic nitrogens is 2. The molecule has 2 aromatic carbocycles. The number of esters is 1. The Morgan fingerprint density at radius 2 is 1.86 bits per heavy atom. The molecule has 3 aromatic rings. The van der Waals surface area contributed by atoms with E-state index < -0.39 is 0 Å². The average molecular weight is 383 g/mol. The number of fused-ring (bicyclic) bond motifs is 1. The summed E-state index contributed by atoms with van der Waals surface area (Å²) in [5, 5.41) is 3.00. The van der Waals surface area contributed by atoms with Crippen molar-refractivity contribution < 1.29 is 9.53 Å². The number of imidazole rings is 1. The Kier molecular flexibility index (Phi) is 7.44. The topological polar surface area (TPSA) is 82.2 Å². The van der Waals surface area contributed by atoms with Crippen molar-refractivity contribution in [1.82, 2.24) is 9.55 Å². The van der Waals surface area contributed by atoms with E-state index in [-0.39, 0.29) is 5.97 Å². The molecule has 0 amide bonds. The van der Waals surface area contributed by atoms with Crippen molar-refractivity contribution in [3.63, 3.8) is 0 Å². The maximum atomic E-state index is 11.3. The van der Waals surface area contributed by atoms with Crippen LogP contribution in [0.1, 0.15) is 30.3 Å². The number of carbonyl (C=O) groups excluding carboxylic acids is 1. The zero-order chi connectivity index (χ0) is 20.7. The van der Waals surface area contributed by atoms with Gasteiger partial charge in [-0.2, -0.15) is 0 Å². The number of hydrogen-bond donors (Lipinski definition) is 2. The number of nitrogen functional groups attached to an aromatic ring is 1. The lowest BCUT2D eigenvalue weighted by Gasteiger charge is -2.03. The molecule has 150 valence electrons. The van der Waals surface area contributed by atoms with Crippen LogP contribution in [0.2, 0.25) is 0 Å². The summed E-state index contributed by atoms with van der Waals surface area (Å²) in [6.07, 6.45) is 0.993. The number of carbonyl (C=O) groups is 1. The van der Waals surface area contributed by atoms with Crippen LogP contribution in [-0.4, -0.2) is 29.2 Å². The van der Waals surface area contributed by atoms with E-state index in [2.05, 4.69) is 28.5 Å². The van der Waals surface area contributed by atoms with Crippen molar-refractivity contribution >= 4 is 28.4 Å². The highest BCUT2D eigenvalue weighted by Crippen LogP contribution is 2.18. The van der Waals surface area contributed by atoms with Gasteiger partial charge in [0.2, 0.25) is 0 Å². The summed E-state index contributed by atoms with van der Waals surface area (Å²) in [6, 6.07) is 12.1. The first-order valence-corrected chi connectivity index (χ1v) is 9.47. The Labute approximate surface area is 166 Å². The molecule has 28 heavy (non-hydrogen) atoms. The number of ether oxygens (including phenoxy) is 1. The van der Waals surface area contributed by atoms with Crippen LogP contribution in [0.5, 0.6) is 0 Å². The second-order valence-electron chi connectivity index (χ2n) is 6.72. The molecule has 0 unspecified atom stereocenters. The van der Waals surface area contributed by atoms with Crippen molar-refractivity contribution in [2.45, 2.75) is 33.6 Å². The zero-order valence-electron chi connectivity index (χ0n) is 17.4. The van der Waals surface area contributed by atoms with Crippen LogP contribution < -0.4 is 11.1 Å². The van der Waals surface area contributed by atoms with E-state index in [1.807, 2.05) is 57.6 Å². The fourth-order valence-electron chi connectivity index (χ4n) is 2.94. The number of aryl methyl sites for hydroxylation is 4. The van der Waals surface area contributed by atoms with E-state index in [1.54, 1.807) is 0 Å². The lowest BCUT2D eigenvalue weighted by molar-refractivity contribution is -0.143. The molecule has 0 saturated carbocycles. The normalized spacial score (nSPS) is 10.3. The second-order valence-corrected chi connectivity index (χ2v) is 6.72. The van der Waals surface area contributed by atoms with Crippen molar-refractivity contribution in [1.29, 1.82) is 0 Å². The molecule has 6 nitrogen and oxygen atoms in total. The van der Waals surface area contributed by atoms with E-state index in [0.29, 0.717) is 19.4 Å². The van der Waals surface area contributed by atoms with Crippen LogP contribution in [0.4, 0.5) is 11.4 Å². The molecule has 0 aliphatic carbocycles. The maximum Gasteiger partial charge on any atom is 0.306 e. The maximum absolute atomic E-state index is 11.3. The smallest absolute Gasteiger partial charge is 0.306 e. The van der Waals surface area contributed by atoms with Gasteiger partial charge in [0.1, 0.15) is 5.82 Å². The van der Waals surface area contributed by atoms with Crippen LogP contribution in [0, 0.1) is 13.8 Å². The van der Waals surface area contributed by atoms with Gasteiger partial charge in [-0.3, -0.25) is 4.79 Å². The number of nitrogens with one attached hydrogen (secondary N) is 1. The first kappa shape index (κ1) is 21.3. The Morgan fingerprint density at radius 1 is 1.18 bits per heavy atom. The van der Waals surface area contributed by atoms with E-state index in [1.165, 1.54) is 11.1 Å². The van der Waals surface area contributed by atoms with E-state index >= 15 is 0 Å². The summed E-state index contributed by atoms with van der Waals surface area (Å²) >= 11 is 0.